The van der Waals surface area contributed by atoms with Gasteiger partial charge in [0.15, 0.2) is 11.0 Å². The maximum atomic E-state index is 14.0. The van der Waals surface area contributed by atoms with Crippen molar-refractivity contribution in [3.05, 3.63) is 28.0 Å². The molecule has 1 aliphatic rings. The summed E-state index contributed by atoms with van der Waals surface area (Å²) in [4.78, 5) is 3.64. The Morgan fingerprint density at radius 1 is 1.35 bits per heavy atom. The van der Waals surface area contributed by atoms with Crippen LogP contribution in [0.4, 0.5) is 13.2 Å². The van der Waals surface area contributed by atoms with E-state index in [-0.39, 0.29) is 34.5 Å². The second kappa shape index (κ2) is 4.24. The van der Waals surface area contributed by atoms with Crippen molar-refractivity contribution in [2.24, 2.45) is 0 Å². The average molecular weight is 324 g/mol. The van der Waals surface area contributed by atoms with E-state index in [0.29, 0.717) is 6.42 Å². The van der Waals surface area contributed by atoms with Crippen molar-refractivity contribution in [1.82, 2.24) is 14.6 Å². The molecular formula is C12H10Cl2F3N3. The van der Waals surface area contributed by atoms with Crippen LogP contribution in [0.3, 0.4) is 0 Å². The summed E-state index contributed by atoms with van der Waals surface area (Å²) in [6.45, 7) is 0.841. The van der Waals surface area contributed by atoms with E-state index in [0.717, 1.165) is 17.5 Å². The van der Waals surface area contributed by atoms with Crippen LogP contribution < -0.4 is 0 Å². The van der Waals surface area contributed by atoms with Crippen LogP contribution in [0.25, 0.3) is 5.52 Å². The topological polar surface area (TPSA) is 30.2 Å². The van der Waals surface area contributed by atoms with E-state index < -0.39 is 17.2 Å². The van der Waals surface area contributed by atoms with Crippen LogP contribution in [0, 0.1) is 5.82 Å². The van der Waals surface area contributed by atoms with Crippen molar-refractivity contribution in [2.75, 3.05) is 0 Å². The van der Waals surface area contributed by atoms with Crippen molar-refractivity contribution >= 4 is 28.7 Å². The zero-order valence-corrected chi connectivity index (χ0v) is 11.9. The Kier molecular flexibility index (Phi) is 2.96. The fourth-order valence-electron chi connectivity index (χ4n) is 2.79. The smallest absolute Gasteiger partial charge is 0.228 e. The first-order valence-corrected chi connectivity index (χ1v) is 6.80. The Balaban J connectivity index is 2.33. The fourth-order valence-corrected chi connectivity index (χ4v) is 3.24. The summed E-state index contributed by atoms with van der Waals surface area (Å²) in [5, 5.41) is 3.43. The number of aromatic nitrogens is 3. The van der Waals surface area contributed by atoms with Crippen molar-refractivity contribution in [1.29, 1.82) is 0 Å². The lowest BCUT2D eigenvalue weighted by Gasteiger charge is -2.45. The minimum absolute atomic E-state index is 0.0925. The zero-order chi connectivity index (χ0) is 14.7. The van der Waals surface area contributed by atoms with Gasteiger partial charge in [0.25, 0.3) is 5.92 Å². The van der Waals surface area contributed by atoms with E-state index >= 15 is 0 Å². The van der Waals surface area contributed by atoms with E-state index in [1.54, 1.807) is 0 Å². The lowest BCUT2D eigenvalue weighted by molar-refractivity contribution is -0.0996. The highest BCUT2D eigenvalue weighted by molar-refractivity contribution is 6.34. The predicted octanol–water partition coefficient (Wildman–Crippen LogP) is 4.25. The molecule has 0 spiro atoms. The number of hydrogen-bond donors (Lipinski definition) is 0. The molecule has 8 heteroatoms. The minimum atomic E-state index is -2.99. The van der Waals surface area contributed by atoms with E-state index in [9.17, 15) is 13.2 Å². The number of rotatable bonds is 2. The number of fused-ring (bicyclic) bond motifs is 1. The number of halogens is 5. The summed E-state index contributed by atoms with van der Waals surface area (Å²) in [6, 6.07) is 1.06. The molecule has 1 fully saturated rings. The Bertz CT molecular complexity index is 689. The molecule has 3 rings (SSSR count). The molecular weight excluding hydrogens is 314 g/mol. The molecule has 0 aromatic carbocycles. The third-order valence-corrected chi connectivity index (χ3v) is 4.46. The molecule has 0 saturated heterocycles. The monoisotopic (exact) mass is 323 g/mol. The van der Waals surface area contributed by atoms with Gasteiger partial charge in [-0.1, -0.05) is 18.0 Å². The first-order chi connectivity index (χ1) is 9.26. The van der Waals surface area contributed by atoms with Gasteiger partial charge in [-0.3, -0.25) is 0 Å². The normalized spacial score (nSPS) is 18.3. The number of alkyl halides is 2. The van der Waals surface area contributed by atoms with E-state index in [4.69, 9.17) is 23.2 Å². The number of nitrogens with zero attached hydrogens (tertiary/aromatic N) is 3. The van der Waals surface area contributed by atoms with Crippen molar-refractivity contribution in [2.45, 2.75) is 37.5 Å². The van der Waals surface area contributed by atoms with E-state index in [1.807, 2.05) is 0 Å². The second-order valence-electron chi connectivity index (χ2n) is 5.13. The van der Waals surface area contributed by atoms with Crippen LogP contribution in [-0.4, -0.2) is 20.5 Å². The molecule has 0 atom stereocenters. The molecule has 0 bridgehead atoms. The molecule has 20 heavy (non-hydrogen) atoms. The molecule has 1 aliphatic carbocycles. The van der Waals surface area contributed by atoms with Gasteiger partial charge in [-0.15, -0.1) is 5.10 Å². The van der Waals surface area contributed by atoms with Gasteiger partial charge in [0.05, 0.1) is 11.1 Å². The van der Waals surface area contributed by atoms with Crippen LogP contribution in [0.15, 0.2) is 6.07 Å². The lowest BCUT2D eigenvalue weighted by Crippen LogP contribution is -2.49. The Morgan fingerprint density at radius 3 is 2.50 bits per heavy atom. The fraction of sp³-hybridized carbons (Fsp3) is 0.500. The molecule has 0 N–H and O–H groups in total. The summed E-state index contributed by atoms with van der Waals surface area (Å²) in [5.41, 5.74) is -1.46. The molecule has 1 saturated carbocycles. The third kappa shape index (κ3) is 1.74. The van der Waals surface area contributed by atoms with Gasteiger partial charge in [-0.2, -0.15) is 0 Å². The maximum absolute atomic E-state index is 14.0. The Labute approximate surface area is 122 Å². The van der Waals surface area contributed by atoms with Crippen LogP contribution in [0.2, 0.25) is 10.4 Å². The molecule has 0 amide bonds. The van der Waals surface area contributed by atoms with Crippen LogP contribution in [-0.2, 0) is 5.41 Å². The van der Waals surface area contributed by atoms with Gasteiger partial charge in [0.2, 0.25) is 5.28 Å². The summed E-state index contributed by atoms with van der Waals surface area (Å²) in [7, 11) is 0. The largest absolute Gasteiger partial charge is 0.256 e. The van der Waals surface area contributed by atoms with Crippen LogP contribution >= 0.6 is 23.2 Å². The molecule has 108 valence electrons. The lowest BCUT2D eigenvalue weighted by atomic mass is 9.63. The molecule has 2 aromatic heterocycles. The van der Waals surface area contributed by atoms with Gasteiger partial charge in [0.1, 0.15) is 5.52 Å². The third-order valence-electron chi connectivity index (χ3n) is 4.04. The van der Waals surface area contributed by atoms with Gasteiger partial charge >= 0.3 is 0 Å². The summed E-state index contributed by atoms with van der Waals surface area (Å²) < 4.78 is 43.1. The van der Waals surface area contributed by atoms with E-state index in [1.165, 1.54) is 0 Å². The van der Waals surface area contributed by atoms with Gasteiger partial charge in [0, 0.05) is 6.92 Å². The summed E-state index contributed by atoms with van der Waals surface area (Å²) in [6.07, 6.45) is 1.19. The molecule has 0 radical (unpaired) electrons. The van der Waals surface area contributed by atoms with Crippen molar-refractivity contribution < 1.29 is 13.2 Å². The quantitative estimate of drug-likeness (QED) is 0.826. The number of hydrogen-bond acceptors (Lipinski definition) is 2. The highest BCUT2D eigenvalue weighted by Gasteiger charge is 2.57. The first-order valence-electron chi connectivity index (χ1n) is 6.05. The SMILES string of the molecule is CC(F)(F)C1(c2cc(F)c3c(Cl)nc(Cl)nn23)CCC1. The molecule has 0 unspecified atom stereocenters. The molecule has 3 nitrogen and oxygen atoms in total. The first kappa shape index (κ1) is 13.9. The molecule has 2 aromatic rings. The minimum Gasteiger partial charge on any atom is -0.228 e. The molecule has 0 aliphatic heterocycles. The van der Waals surface area contributed by atoms with Crippen LogP contribution in [0.5, 0.6) is 0 Å². The summed E-state index contributed by atoms with van der Waals surface area (Å²) in [5.74, 6) is -3.72. The zero-order valence-electron chi connectivity index (χ0n) is 10.4. The summed E-state index contributed by atoms with van der Waals surface area (Å²) >= 11 is 11.5. The Morgan fingerprint density at radius 2 is 2.00 bits per heavy atom. The highest BCUT2D eigenvalue weighted by Crippen LogP contribution is 2.54. The van der Waals surface area contributed by atoms with Crippen molar-refractivity contribution in [3.63, 3.8) is 0 Å². The standard InChI is InChI=1S/C12H10Cl2F3N3/c1-11(16,17)12(3-2-4-12)7-5-6(15)8-9(13)18-10(14)19-20(7)8/h5H,2-4H2,1H3. The average Bonchev–Trinajstić information content (AvgIpc) is 2.52. The van der Waals surface area contributed by atoms with E-state index in [2.05, 4.69) is 10.1 Å². The van der Waals surface area contributed by atoms with Gasteiger partial charge in [-0.05, 0) is 30.5 Å². The predicted molar refractivity (Wildman–Crippen MR) is 69.1 cm³/mol. The second-order valence-corrected chi connectivity index (χ2v) is 5.83. The Hall–Kier alpha value is -1.01. The van der Waals surface area contributed by atoms with Gasteiger partial charge < -0.3 is 0 Å². The van der Waals surface area contributed by atoms with Crippen molar-refractivity contribution in [3.8, 4) is 0 Å². The van der Waals surface area contributed by atoms with Crippen LogP contribution in [0.1, 0.15) is 31.9 Å². The van der Waals surface area contributed by atoms with Gasteiger partial charge in [-0.25, -0.2) is 22.7 Å². The highest BCUT2D eigenvalue weighted by atomic mass is 35.5. The molecule has 2 heterocycles. The maximum Gasteiger partial charge on any atom is 0.256 e.